The van der Waals surface area contributed by atoms with Crippen LogP contribution in [-0.4, -0.2) is 17.0 Å². The summed E-state index contributed by atoms with van der Waals surface area (Å²) < 4.78 is 2.23. The maximum absolute atomic E-state index is 12.2. The standard InChI is InChI=1S/C15H11NO3S2/c17-14(18)7-9-1-3-10(4-2-9)16-15(19)13-8-12-11(21-13)5-6-20-12/h1-6,8H,7H2,(H,16,19)(H,17,18). The van der Waals surface area contributed by atoms with Crippen LogP contribution in [0.25, 0.3) is 9.40 Å². The van der Waals surface area contributed by atoms with Crippen LogP contribution in [0.15, 0.2) is 41.8 Å². The fourth-order valence-electron chi connectivity index (χ4n) is 1.95. The normalized spacial score (nSPS) is 10.7. The van der Waals surface area contributed by atoms with Crippen molar-refractivity contribution < 1.29 is 14.7 Å². The van der Waals surface area contributed by atoms with Crippen LogP contribution >= 0.6 is 22.7 Å². The lowest BCUT2D eigenvalue weighted by Gasteiger charge is -2.04. The molecular formula is C15H11NO3S2. The van der Waals surface area contributed by atoms with E-state index in [1.807, 2.05) is 17.5 Å². The number of fused-ring (bicyclic) bond motifs is 1. The third-order valence-corrected chi connectivity index (χ3v) is 5.02. The number of benzene rings is 1. The summed E-state index contributed by atoms with van der Waals surface area (Å²) in [6.07, 6.45) is -0.0184. The number of aliphatic carboxylic acids is 1. The molecule has 21 heavy (non-hydrogen) atoms. The summed E-state index contributed by atoms with van der Waals surface area (Å²) in [6, 6.07) is 10.7. The number of rotatable bonds is 4. The number of anilines is 1. The number of carboxylic acid groups (broad SMARTS) is 1. The number of carbonyl (C=O) groups is 2. The van der Waals surface area contributed by atoms with E-state index >= 15 is 0 Å². The van der Waals surface area contributed by atoms with Crippen molar-refractivity contribution in [3.8, 4) is 0 Å². The molecule has 2 heterocycles. The predicted molar refractivity (Wildman–Crippen MR) is 85.4 cm³/mol. The van der Waals surface area contributed by atoms with Gasteiger partial charge in [0.15, 0.2) is 0 Å². The van der Waals surface area contributed by atoms with Gasteiger partial charge < -0.3 is 10.4 Å². The number of carboxylic acids is 1. The van der Waals surface area contributed by atoms with Gasteiger partial charge in [-0.2, -0.15) is 0 Å². The molecule has 1 amide bonds. The Hall–Kier alpha value is -2.18. The van der Waals surface area contributed by atoms with Gasteiger partial charge in [0.1, 0.15) is 0 Å². The molecule has 6 heteroatoms. The van der Waals surface area contributed by atoms with E-state index in [4.69, 9.17) is 5.11 Å². The summed E-state index contributed by atoms with van der Waals surface area (Å²) in [5.74, 6) is -1.01. The van der Waals surface area contributed by atoms with Crippen molar-refractivity contribution in [3.05, 3.63) is 52.2 Å². The lowest BCUT2D eigenvalue weighted by atomic mass is 10.1. The second-order valence-corrected chi connectivity index (χ2v) is 6.51. The molecule has 0 aliphatic heterocycles. The molecule has 0 fully saturated rings. The fourth-order valence-corrected chi connectivity index (χ4v) is 3.95. The maximum atomic E-state index is 12.2. The third-order valence-electron chi connectivity index (χ3n) is 2.93. The molecule has 2 aromatic heterocycles. The molecule has 2 N–H and O–H groups in total. The zero-order chi connectivity index (χ0) is 14.8. The van der Waals surface area contributed by atoms with Gasteiger partial charge in [0.05, 0.1) is 11.3 Å². The van der Waals surface area contributed by atoms with Gasteiger partial charge in [0, 0.05) is 15.1 Å². The monoisotopic (exact) mass is 317 g/mol. The molecule has 1 aromatic carbocycles. The smallest absolute Gasteiger partial charge is 0.307 e. The molecule has 0 spiro atoms. The highest BCUT2D eigenvalue weighted by Crippen LogP contribution is 2.30. The zero-order valence-corrected chi connectivity index (χ0v) is 12.5. The van der Waals surface area contributed by atoms with E-state index in [9.17, 15) is 9.59 Å². The van der Waals surface area contributed by atoms with Gasteiger partial charge in [-0.25, -0.2) is 0 Å². The highest BCUT2D eigenvalue weighted by atomic mass is 32.1. The molecule has 0 aliphatic rings. The molecule has 0 atom stereocenters. The van der Waals surface area contributed by atoms with Crippen LogP contribution in [0.1, 0.15) is 15.2 Å². The first-order valence-electron chi connectivity index (χ1n) is 6.21. The molecular weight excluding hydrogens is 306 g/mol. The van der Waals surface area contributed by atoms with Crippen molar-refractivity contribution in [3.63, 3.8) is 0 Å². The summed E-state index contributed by atoms with van der Waals surface area (Å²) in [6.45, 7) is 0. The Morgan fingerprint density at radius 1 is 1.10 bits per heavy atom. The van der Waals surface area contributed by atoms with Crippen LogP contribution < -0.4 is 5.32 Å². The molecule has 3 aromatic rings. The summed E-state index contributed by atoms with van der Waals surface area (Å²) in [7, 11) is 0. The minimum absolute atomic E-state index is 0.0184. The molecule has 0 bridgehead atoms. The number of amides is 1. The predicted octanol–water partition coefficient (Wildman–Crippen LogP) is 3.84. The summed E-state index contributed by atoms with van der Waals surface area (Å²) in [5.41, 5.74) is 1.36. The quantitative estimate of drug-likeness (QED) is 0.768. The van der Waals surface area contributed by atoms with Gasteiger partial charge in [-0.1, -0.05) is 12.1 Å². The van der Waals surface area contributed by atoms with E-state index in [0.29, 0.717) is 16.1 Å². The topological polar surface area (TPSA) is 66.4 Å². The lowest BCUT2D eigenvalue weighted by Crippen LogP contribution is -2.10. The molecule has 0 saturated carbocycles. The van der Waals surface area contributed by atoms with Crippen LogP contribution in [0, 0.1) is 0 Å². The molecule has 0 saturated heterocycles. The number of thiophene rings is 2. The van der Waals surface area contributed by atoms with E-state index in [1.165, 1.54) is 11.3 Å². The van der Waals surface area contributed by atoms with Crippen molar-refractivity contribution in [1.82, 2.24) is 0 Å². The van der Waals surface area contributed by atoms with Crippen LogP contribution in [0.3, 0.4) is 0 Å². The van der Waals surface area contributed by atoms with Crippen molar-refractivity contribution in [2.75, 3.05) is 5.32 Å². The summed E-state index contributed by atoms with van der Waals surface area (Å²) >= 11 is 3.08. The highest BCUT2D eigenvalue weighted by Gasteiger charge is 2.11. The Bertz CT molecular complexity index is 773. The van der Waals surface area contributed by atoms with Gasteiger partial charge in [0.25, 0.3) is 5.91 Å². The average molecular weight is 317 g/mol. The minimum atomic E-state index is -0.870. The van der Waals surface area contributed by atoms with Gasteiger partial charge in [-0.3, -0.25) is 9.59 Å². The first-order chi connectivity index (χ1) is 10.1. The second kappa shape index (κ2) is 5.67. The SMILES string of the molecule is O=C(O)Cc1ccc(NC(=O)c2cc3sccc3s2)cc1. The second-order valence-electron chi connectivity index (χ2n) is 4.48. The zero-order valence-electron chi connectivity index (χ0n) is 10.8. The summed E-state index contributed by atoms with van der Waals surface area (Å²) in [4.78, 5) is 23.4. The Balaban J connectivity index is 1.72. The van der Waals surface area contributed by atoms with Gasteiger partial charge in [0.2, 0.25) is 0 Å². The van der Waals surface area contributed by atoms with E-state index in [2.05, 4.69) is 5.32 Å². The van der Waals surface area contributed by atoms with E-state index in [1.54, 1.807) is 35.6 Å². The average Bonchev–Trinajstić information content (AvgIpc) is 3.01. The Kier molecular flexibility index (Phi) is 3.72. The fraction of sp³-hybridized carbons (Fsp3) is 0.0667. The van der Waals surface area contributed by atoms with Gasteiger partial charge in [-0.15, -0.1) is 22.7 Å². The Morgan fingerprint density at radius 3 is 2.52 bits per heavy atom. The van der Waals surface area contributed by atoms with Gasteiger partial charge >= 0.3 is 5.97 Å². The molecule has 0 radical (unpaired) electrons. The number of hydrogen-bond acceptors (Lipinski definition) is 4. The van der Waals surface area contributed by atoms with E-state index < -0.39 is 5.97 Å². The largest absolute Gasteiger partial charge is 0.481 e. The van der Waals surface area contributed by atoms with E-state index in [0.717, 1.165) is 9.40 Å². The van der Waals surface area contributed by atoms with Crippen LogP contribution in [0.5, 0.6) is 0 Å². The van der Waals surface area contributed by atoms with Gasteiger partial charge in [-0.05, 0) is 35.2 Å². The van der Waals surface area contributed by atoms with Crippen LogP contribution in [0.4, 0.5) is 5.69 Å². The molecule has 0 aliphatic carbocycles. The van der Waals surface area contributed by atoms with Crippen LogP contribution in [0.2, 0.25) is 0 Å². The maximum Gasteiger partial charge on any atom is 0.307 e. The Morgan fingerprint density at radius 2 is 1.86 bits per heavy atom. The van der Waals surface area contributed by atoms with Crippen molar-refractivity contribution in [2.24, 2.45) is 0 Å². The minimum Gasteiger partial charge on any atom is -0.481 e. The highest BCUT2D eigenvalue weighted by molar-refractivity contribution is 7.27. The first-order valence-corrected chi connectivity index (χ1v) is 7.90. The van der Waals surface area contributed by atoms with Crippen LogP contribution in [-0.2, 0) is 11.2 Å². The molecule has 106 valence electrons. The number of carbonyl (C=O) groups excluding carboxylic acids is 1. The van der Waals surface area contributed by atoms with E-state index in [-0.39, 0.29) is 12.3 Å². The Labute approximate surface area is 128 Å². The molecule has 4 nitrogen and oxygen atoms in total. The lowest BCUT2D eigenvalue weighted by molar-refractivity contribution is -0.136. The first kappa shape index (κ1) is 13.8. The molecule has 3 rings (SSSR count). The molecule has 0 unspecified atom stereocenters. The van der Waals surface area contributed by atoms with Crippen molar-refractivity contribution >= 4 is 49.6 Å². The van der Waals surface area contributed by atoms with Crippen molar-refractivity contribution in [1.29, 1.82) is 0 Å². The number of nitrogens with one attached hydrogen (secondary N) is 1. The summed E-state index contributed by atoms with van der Waals surface area (Å²) in [5, 5.41) is 13.5. The number of hydrogen-bond donors (Lipinski definition) is 2. The third kappa shape index (κ3) is 3.12. The van der Waals surface area contributed by atoms with Crippen molar-refractivity contribution in [2.45, 2.75) is 6.42 Å².